The van der Waals surface area contributed by atoms with Gasteiger partial charge in [0.25, 0.3) is 5.91 Å². The first kappa shape index (κ1) is 21.1. The number of ether oxygens (including phenoxy) is 2. The van der Waals surface area contributed by atoms with Crippen LogP contribution in [0, 0.1) is 13.8 Å². The van der Waals surface area contributed by atoms with Crippen LogP contribution >= 0.6 is 0 Å². The van der Waals surface area contributed by atoms with Crippen LogP contribution in [0.4, 0.5) is 5.69 Å². The lowest BCUT2D eigenvalue weighted by Crippen LogP contribution is -2.32. The molecule has 0 radical (unpaired) electrons. The molecule has 0 aliphatic rings. The van der Waals surface area contributed by atoms with Gasteiger partial charge in [-0.15, -0.1) is 0 Å². The van der Waals surface area contributed by atoms with E-state index in [0.717, 1.165) is 11.1 Å². The van der Waals surface area contributed by atoms with Gasteiger partial charge in [-0.2, -0.15) is 0 Å². The van der Waals surface area contributed by atoms with E-state index in [1.807, 2.05) is 56.3 Å². The molecule has 0 aromatic heterocycles. The largest absolute Gasteiger partial charge is 0.479 e. The minimum absolute atomic E-state index is 0.421. The zero-order chi connectivity index (χ0) is 21.5. The number of rotatable bonds is 7. The van der Waals surface area contributed by atoms with Crippen LogP contribution in [0.3, 0.4) is 0 Å². The van der Waals surface area contributed by atoms with Crippen LogP contribution in [-0.4, -0.2) is 18.0 Å². The van der Waals surface area contributed by atoms with Gasteiger partial charge in [0.2, 0.25) is 6.10 Å². The fourth-order valence-corrected chi connectivity index (χ4v) is 2.93. The second-order valence-corrected chi connectivity index (χ2v) is 7.11. The van der Waals surface area contributed by atoms with E-state index in [1.165, 1.54) is 0 Å². The maximum atomic E-state index is 13.1. The Bertz CT molecular complexity index is 1000. The molecule has 0 unspecified atom stereocenters. The van der Waals surface area contributed by atoms with E-state index in [0.29, 0.717) is 17.0 Å². The first-order valence-electron chi connectivity index (χ1n) is 9.79. The molecule has 0 spiro atoms. The molecule has 0 bridgehead atoms. The summed E-state index contributed by atoms with van der Waals surface area (Å²) in [5.74, 6) is -0.489. The van der Waals surface area contributed by atoms with Gasteiger partial charge in [0.15, 0.2) is 6.10 Å². The van der Waals surface area contributed by atoms with Crippen molar-refractivity contribution >= 4 is 17.6 Å². The van der Waals surface area contributed by atoms with Crippen LogP contribution in [-0.2, 0) is 14.3 Å². The summed E-state index contributed by atoms with van der Waals surface area (Å²) in [6.45, 7) is 5.46. The molecule has 0 saturated heterocycles. The second-order valence-electron chi connectivity index (χ2n) is 7.11. The second kappa shape index (κ2) is 9.74. The predicted molar refractivity (Wildman–Crippen MR) is 116 cm³/mol. The van der Waals surface area contributed by atoms with Gasteiger partial charge in [-0.3, -0.25) is 4.79 Å². The summed E-state index contributed by atoms with van der Waals surface area (Å²) in [7, 11) is 0. The Balaban J connectivity index is 1.78. The van der Waals surface area contributed by atoms with Gasteiger partial charge < -0.3 is 14.8 Å². The Morgan fingerprint density at radius 2 is 1.50 bits per heavy atom. The number of hydrogen-bond donors (Lipinski definition) is 1. The summed E-state index contributed by atoms with van der Waals surface area (Å²) in [4.78, 5) is 25.7. The molecule has 154 valence electrons. The number of amides is 1. The number of carbonyl (C=O) groups is 2. The summed E-state index contributed by atoms with van der Waals surface area (Å²) in [6.07, 6.45) is -1.97. The van der Waals surface area contributed by atoms with Crippen LogP contribution in [0.15, 0.2) is 78.9 Å². The number of hydrogen-bond acceptors (Lipinski definition) is 4. The Labute approximate surface area is 176 Å². The number of para-hydroxylation sites is 1. The lowest BCUT2D eigenvalue weighted by molar-refractivity contribution is -0.161. The molecular formula is C25H25NO4. The Hall–Kier alpha value is -3.60. The molecule has 5 heteroatoms. The smallest absolute Gasteiger partial charge is 0.348 e. The summed E-state index contributed by atoms with van der Waals surface area (Å²) < 4.78 is 11.2. The minimum atomic E-state index is -1.10. The number of nitrogens with one attached hydrogen (secondary N) is 1. The van der Waals surface area contributed by atoms with Gasteiger partial charge in [0, 0.05) is 11.3 Å². The molecule has 5 nitrogen and oxygen atoms in total. The third kappa shape index (κ3) is 5.47. The Kier molecular flexibility index (Phi) is 6.86. The van der Waals surface area contributed by atoms with Crippen molar-refractivity contribution in [3.63, 3.8) is 0 Å². The predicted octanol–water partition coefficient (Wildman–Crippen LogP) is 4.99. The van der Waals surface area contributed by atoms with E-state index >= 15 is 0 Å². The standard InChI is InChI=1S/C25H25NO4/c1-17-14-15-18(2)22(16-17)26-24(27)23(20-10-6-4-7-11-20)30-25(28)19(3)29-21-12-8-5-9-13-21/h4-16,19,23H,1-3H3,(H,26,27)/t19-,23+/m1/s1. The van der Waals surface area contributed by atoms with Crippen molar-refractivity contribution in [3.05, 3.63) is 95.6 Å². The van der Waals surface area contributed by atoms with E-state index < -0.39 is 24.1 Å². The SMILES string of the molecule is Cc1ccc(C)c(NC(=O)[C@@H](OC(=O)[C@@H](C)Oc2ccccc2)c2ccccc2)c1. The lowest BCUT2D eigenvalue weighted by atomic mass is 10.1. The molecule has 3 aromatic carbocycles. The quantitative estimate of drug-likeness (QED) is 0.564. The maximum Gasteiger partial charge on any atom is 0.348 e. The Morgan fingerprint density at radius 3 is 2.17 bits per heavy atom. The fourth-order valence-electron chi connectivity index (χ4n) is 2.93. The van der Waals surface area contributed by atoms with Crippen LogP contribution in [0.1, 0.15) is 29.7 Å². The van der Waals surface area contributed by atoms with Crippen LogP contribution in [0.5, 0.6) is 5.75 Å². The van der Waals surface area contributed by atoms with Crippen LogP contribution < -0.4 is 10.1 Å². The highest BCUT2D eigenvalue weighted by atomic mass is 16.6. The van der Waals surface area contributed by atoms with E-state index in [1.54, 1.807) is 43.3 Å². The number of esters is 1. The molecule has 0 aliphatic heterocycles. The highest BCUT2D eigenvalue weighted by Gasteiger charge is 2.28. The van der Waals surface area contributed by atoms with Crippen LogP contribution in [0.25, 0.3) is 0 Å². The third-order valence-electron chi connectivity index (χ3n) is 4.61. The van der Waals surface area contributed by atoms with Crippen molar-refractivity contribution in [1.82, 2.24) is 0 Å². The zero-order valence-corrected chi connectivity index (χ0v) is 17.3. The number of benzene rings is 3. The summed E-state index contributed by atoms with van der Waals surface area (Å²) in [5.41, 5.74) is 3.22. The molecule has 1 amide bonds. The summed E-state index contributed by atoms with van der Waals surface area (Å²) in [5, 5.41) is 2.89. The van der Waals surface area contributed by atoms with Crippen molar-refractivity contribution < 1.29 is 19.1 Å². The van der Waals surface area contributed by atoms with Crippen molar-refractivity contribution in [2.45, 2.75) is 33.0 Å². The lowest BCUT2D eigenvalue weighted by Gasteiger charge is -2.21. The molecule has 0 heterocycles. The van der Waals surface area contributed by atoms with Gasteiger partial charge in [0.1, 0.15) is 5.75 Å². The van der Waals surface area contributed by atoms with Crippen molar-refractivity contribution in [1.29, 1.82) is 0 Å². The van der Waals surface area contributed by atoms with Gasteiger partial charge in [0.05, 0.1) is 0 Å². The number of carbonyl (C=O) groups excluding carboxylic acids is 2. The molecule has 0 saturated carbocycles. The third-order valence-corrected chi connectivity index (χ3v) is 4.61. The van der Waals surface area contributed by atoms with Crippen molar-refractivity contribution in [3.8, 4) is 5.75 Å². The molecule has 1 N–H and O–H groups in total. The van der Waals surface area contributed by atoms with Crippen molar-refractivity contribution in [2.75, 3.05) is 5.32 Å². The monoisotopic (exact) mass is 403 g/mol. The van der Waals surface area contributed by atoms with Gasteiger partial charge >= 0.3 is 5.97 Å². The first-order chi connectivity index (χ1) is 14.4. The highest BCUT2D eigenvalue weighted by molar-refractivity contribution is 5.97. The van der Waals surface area contributed by atoms with E-state index in [2.05, 4.69) is 5.32 Å². The van der Waals surface area contributed by atoms with Gasteiger partial charge in [-0.1, -0.05) is 60.7 Å². The summed E-state index contributed by atoms with van der Waals surface area (Å²) in [6, 6.07) is 23.7. The fraction of sp³-hybridized carbons (Fsp3) is 0.200. The van der Waals surface area contributed by atoms with Crippen molar-refractivity contribution in [2.24, 2.45) is 0 Å². The first-order valence-corrected chi connectivity index (χ1v) is 9.79. The molecule has 0 fully saturated rings. The number of anilines is 1. The molecule has 0 aliphatic carbocycles. The molecule has 2 atom stereocenters. The van der Waals surface area contributed by atoms with E-state index in [-0.39, 0.29) is 0 Å². The topological polar surface area (TPSA) is 64.6 Å². The molecule has 3 aromatic rings. The normalized spacial score (nSPS) is 12.5. The zero-order valence-electron chi connectivity index (χ0n) is 17.3. The van der Waals surface area contributed by atoms with E-state index in [4.69, 9.17) is 9.47 Å². The number of aryl methyl sites for hydroxylation is 2. The molecule has 30 heavy (non-hydrogen) atoms. The molecule has 3 rings (SSSR count). The van der Waals surface area contributed by atoms with Gasteiger partial charge in [-0.05, 0) is 50.1 Å². The van der Waals surface area contributed by atoms with E-state index in [9.17, 15) is 9.59 Å². The minimum Gasteiger partial charge on any atom is -0.479 e. The molecular weight excluding hydrogens is 378 g/mol. The van der Waals surface area contributed by atoms with Crippen LogP contribution in [0.2, 0.25) is 0 Å². The highest BCUT2D eigenvalue weighted by Crippen LogP contribution is 2.23. The maximum absolute atomic E-state index is 13.1. The van der Waals surface area contributed by atoms with Gasteiger partial charge in [-0.25, -0.2) is 4.79 Å². The Morgan fingerprint density at radius 1 is 0.867 bits per heavy atom. The average molecular weight is 403 g/mol. The summed E-state index contributed by atoms with van der Waals surface area (Å²) >= 11 is 0. The average Bonchev–Trinajstić information content (AvgIpc) is 2.75.